The quantitative estimate of drug-likeness (QED) is 0.243. The van der Waals surface area contributed by atoms with Gasteiger partial charge >= 0.3 is 6.18 Å². The van der Waals surface area contributed by atoms with Gasteiger partial charge in [0.05, 0.1) is 22.3 Å². The molecule has 3 aromatic carbocycles. The summed E-state index contributed by atoms with van der Waals surface area (Å²) < 4.78 is 83.5. The number of hydrogen-bond donors (Lipinski definition) is 2. The smallest absolute Gasteiger partial charge is 0.382 e. The van der Waals surface area contributed by atoms with Gasteiger partial charge in [0.2, 0.25) is 0 Å². The van der Waals surface area contributed by atoms with E-state index in [1.165, 1.54) is 41.3 Å². The number of amides is 1. The van der Waals surface area contributed by atoms with Gasteiger partial charge in [-0.25, -0.2) is 27.8 Å². The van der Waals surface area contributed by atoms with Gasteiger partial charge in [-0.1, -0.05) is 24.3 Å². The van der Waals surface area contributed by atoms with Crippen LogP contribution in [0.4, 0.5) is 32.2 Å². The summed E-state index contributed by atoms with van der Waals surface area (Å²) in [5, 5.41) is 16.9. The van der Waals surface area contributed by atoms with Crippen molar-refractivity contribution < 1.29 is 36.2 Å². The Kier molecular flexibility index (Phi) is 6.98. The highest BCUT2D eigenvalue weighted by Crippen LogP contribution is 2.38. The van der Waals surface area contributed by atoms with Gasteiger partial charge in [-0.15, -0.1) is 0 Å². The third kappa shape index (κ3) is 5.10. The number of nitrogens with one attached hydrogen (secondary N) is 1. The molecule has 0 saturated heterocycles. The number of hydrogen-bond acceptors (Lipinski definition) is 5. The van der Waals surface area contributed by atoms with E-state index < -0.39 is 47.1 Å². The summed E-state index contributed by atoms with van der Waals surface area (Å²) in [6, 6.07) is 14.4. The molecule has 0 aliphatic heterocycles. The van der Waals surface area contributed by atoms with Crippen LogP contribution in [0.25, 0.3) is 28.0 Å². The van der Waals surface area contributed by atoms with Gasteiger partial charge in [0, 0.05) is 23.3 Å². The van der Waals surface area contributed by atoms with Crippen molar-refractivity contribution in [2.75, 3.05) is 5.32 Å². The fraction of sp³-hybridized carbons (Fsp3) is 0.111. The molecule has 2 heterocycles. The van der Waals surface area contributed by atoms with Gasteiger partial charge < -0.3 is 10.4 Å². The molecule has 0 bridgehead atoms. The van der Waals surface area contributed by atoms with Crippen molar-refractivity contribution in [1.29, 1.82) is 0 Å². The van der Waals surface area contributed by atoms with E-state index in [2.05, 4.69) is 20.4 Å². The number of anilines is 1. The standard InChI is InChI=1S/C27H17F6N5O2/c28-20-13-19(27(31,32)33)17(24-34-9-4-10-35-24)12-18(20)26(40)36-25-16-8-7-14(22(39)23(29)30)11-21(16)37-38(25)15-5-2-1-3-6-15/h1-13,22-23,39H,(H,36,40)/t22-/m1/s1. The zero-order chi connectivity index (χ0) is 28.6. The van der Waals surface area contributed by atoms with Crippen LogP contribution in [0.3, 0.4) is 0 Å². The second-order valence-electron chi connectivity index (χ2n) is 8.55. The highest BCUT2D eigenvalue weighted by molar-refractivity contribution is 6.09. The monoisotopic (exact) mass is 557 g/mol. The first-order valence-electron chi connectivity index (χ1n) is 11.6. The predicted molar refractivity (Wildman–Crippen MR) is 132 cm³/mol. The predicted octanol–water partition coefficient (Wildman–Crippen LogP) is 6.19. The number of rotatable bonds is 6. The molecular weight excluding hydrogens is 540 g/mol. The summed E-state index contributed by atoms with van der Waals surface area (Å²) in [6.07, 6.45) is -7.69. The maximum absolute atomic E-state index is 15.0. The third-order valence-corrected chi connectivity index (χ3v) is 5.97. The van der Waals surface area contributed by atoms with Gasteiger partial charge in [0.25, 0.3) is 12.3 Å². The van der Waals surface area contributed by atoms with Crippen molar-refractivity contribution in [1.82, 2.24) is 19.7 Å². The van der Waals surface area contributed by atoms with Crippen LogP contribution in [0.1, 0.15) is 27.6 Å². The second-order valence-corrected chi connectivity index (χ2v) is 8.55. The molecule has 0 saturated carbocycles. The van der Waals surface area contributed by atoms with E-state index in [0.717, 1.165) is 0 Å². The Morgan fingerprint density at radius 1 is 0.950 bits per heavy atom. The molecule has 5 aromatic rings. The van der Waals surface area contributed by atoms with Gasteiger partial charge in [0.15, 0.2) is 5.82 Å². The minimum atomic E-state index is -4.97. The Morgan fingerprint density at radius 2 is 1.65 bits per heavy atom. The molecule has 0 aliphatic rings. The number of carbonyl (C=O) groups excluding carboxylic acids is 1. The van der Waals surface area contributed by atoms with Crippen molar-refractivity contribution in [3.8, 4) is 17.1 Å². The minimum absolute atomic E-state index is 0.0129. The molecule has 204 valence electrons. The van der Waals surface area contributed by atoms with E-state index >= 15 is 0 Å². The van der Waals surface area contributed by atoms with Gasteiger partial charge in [-0.3, -0.25) is 4.79 Å². The number of para-hydroxylation sites is 1. The van der Waals surface area contributed by atoms with E-state index in [0.29, 0.717) is 11.8 Å². The second kappa shape index (κ2) is 10.4. The van der Waals surface area contributed by atoms with Crippen molar-refractivity contribution in [3.63, 3.8) is 0 Å². The lowest BCUT2D eigenvalue weighted by molar-refractivity contribution is -0.137. The normalized spacial score (nSPS) is 12.6. The summed E-state index contributed by atoms with van der Waals surface area (Å²) in [4.78, 5) is 20.9. The third-order valence-electron chi connectivity index (χ3n) is 5.97. The minimum Gasteiger partial charge on any atom is -0.382 e. The number of aliphatic hydroxyl groups excluding tert-OH is 1. The van der Waals surface area contributed by atoms with Gasteiger partial charge in [-0.05, 0) is 48.0 Å². The zero-order valence-corrected chi connectivity index (χ0v) is 20.1. The lowest BCUT2D eigenvalue weighted by atomic mass is 10.0. The number of alkyl halides is 5. The van der Waals surface area contributed by atoms with Crippen molar-refractivity contribution >= 4 is 22.6 Å². The number of nitrogens with zero attached hydrogens (tertiary/aromatic N) is 4. The lowest BCUT2D eigenvalue weighted by Gasteiger charge is -2.15. The van der Waals surface area contributed by atoms with Crippen molar-refractivity contribution in [2.24, 2.45) is 0 Å². The lowest BCUT2D eigenvalue weighted by Crippen LogP contribution is -2.18. The summed E-state index contributed by atoms with van der Waals surface area (Å²) in [5.74, 6) is -2.93. The van der Waals surface area contributed by atoms with Crippen molar-refractivity contribution in [3.05, 3.63) is 102 Å². The average Bonchev–Trinajstić information content (AvgIpc) is 3.30. The Bertz CT molecular complexity index is 1690. The van der Waals surface area contributed by atoms with Crippen LogP contribution in [0.15, 0.2) is 79.1 Å². The Balaban J connectivity index is 1.63. The number of fused-ring (bicyclic) bond motifs is 1. The largest absolute Gasteiger partial charge is 0.417 e. The van der Waals surface area contributed by atoms with E-state index in [1.807, 2.05) is 0 Å². The van der Waals surface area contributed by atoms with Crippen LogP contribution in [-0.4, -0.2) is 37.2 Å². The number of aromatic nitrogens is 4. The van der Waals surface area contributed by atoms with Crippen LogP contribution >= 0.6 is 0 Å². The van der Waals surface area contributed by atoms with Crippen LogP contribution in [0.5, 0.6) is 0 Å². The molecule has 0 radical (unpaired) electrons. The highest BCUT2D eigenvalue weighted by atomic mass is 19.4. The molecule has 0 fully saturated rings. The fourth-order valence-electron chi connectivity index (χ4n) is 4.09. The number of aliphatic hydroxyl groups is 1. The first-order valence-corrected chi connectivity index (χ1v) is 11.6. The molecule has 2 N–H and O–H groups in total. The SMILES string of the molecule is O=C(Nc1c2ccc([C@@H](O)C(F)F)cc2nn1-c1ccccc1)c1cc(-c2ncccn2)c(C(F)(F)F)cc1F. The first kappa shape index (κ1) is 26.8. The Hall–Kier alpha value is -4.78. The topological polar surface area (TPSA) is 92.9 Å². The molecule has 0 unspecified atom stereocenters. The van der Waals surface area contributed by atoms with Crippen LogP contribution < -0.4 is 5.32 Å². The molecular formula is C27H17F6N5O2. The number of carbonyl (C=O) groups is 1. The Labute approximate surface area is 221 Å². The summed E-state index contributed by atoms with van der Waals surface area (Å²) in [6.45, 7) is 0. The van der Waals surface area contributed by atoms with E-state index in [1.54, 1.807) is 30.3 Å². The zero-order valence-electron chi connectivity index (χ0n) is 20.1. The fourth-order valence-corrected chi connectivity index (χ4v) is 4.09. The Morgan fingerprint density at radius 3 is 2.30 bits per heavy atom. The maximum atomic E-state index is 15.0. The highest BCUT2D eigenvalue weighted by Gasteiger charge is 2.36. The van der Waals surface area contributed by atoms with Gasteiger partial charge in [0.1, 0.15) is 17.7 Å². The molecule has 0 aliphatic carbocycles. The van der Waals surface area contributed by atoms with Crippen molar-refractivity contribution in [2.45, 2.75) is 18.7 Å². The number of benzene rings is 3. The molecule has 5 rings (SSSR count). The van der Waals surface area contributed by atoms with E-state index in [-0.39, 0.29) is 34.2 Å². The first-order chi connectivity index (χ1) is 19.0. The number of halogens is 6. The average molecular weight is 557 g/mol. The van der Waals surface area contributed by atoms with E-state index in [4.69, 9.17) is 0 Å². The van der Waals surface area contributed by atoms with Gasteiger partial charge in [-0.2, -0.15) is 18.3 Å². The molecule has 40 heavy (non-hydrogen) atoms. The molecule has 1 atom stereocenters. The maximum Gasteiger partial charge on any atom is 0.417 e. The van der Waals surface area contributed by atoms with Crippen LogP contribution in [-0.2, 0) is 6.18 Å². The van der Waals surface area contributed by atoms with E-state index in [9.17, 15) is 36.2 Å². The molecule has 13 heteroatoms. The summed E-state index contributed by atoms with van der Waals surface area (Å²) in [5.41, 5.74) is -2.28. The molecule has 2 aromatic heterocycles. The molecule has 0 spiro atoms. The van der Waals surface area contributed by atoms with Crippen LogP contribution in [0, 0.1) is 5.82 Å². The van der Waals surface area contributed by atoms with Crippen LogP contribution in [0.2, 0.25) is 0 Å². The molecule has 1 amide bonds. The summed E-state index contributed by atoms with van der Waals surface area (Å²) in [7, 11) is 0. The summed E-state index contributed by atoms with van der Waals surface area (Å²) >= 11 is 0. The molecule has 7 nitrogen and oxygen atoms in total.